The molecule has 98 valence electrons. The number of esters is 1. The van der Waals surface area contributed by atoms with Crippen molar-refractivity contribution in [2.45, 2.75) is 25.3 Å². The summed E-state index contributed by atoms with van der Waals surface area (Å²) in [7, 11) is 3.11. The number of rotatable bonds is 2. The van der Waals surface area contributed by atoms with E-state index in [2.05, 4.69) is 4.98 Å². The summed E-state index contributed by atoms with van der Waals surface area (Å²) in [5.41, 5.74) is 0.491. The average Bonchev–Trinajstić information content (AvgIpc) is 2.83. The highest BCUT2D eigenvalue weighted by Gasteiger charge is 2.34. The van der Waals surface area contributed by atoms with Gasteiger partial charge in [0, 0.05) is 13.6 Å². The van der Waals surface area contributed by atoms with Crippen LogP contribution in [-0.4, -0.2) is 46.0 Å². The summed E-state index contributed by atoms with van der Waals surface area (Å²) in [4.78, 5) is 29.6. The van der Waals surface area contributed by atoms with Crippen LogP contribution in [-0.2, 0) is 16.6 Å². The number of ether oxygens (including phenoxy) is 1. The maximum absolute atomic E-state index is 12.4. The molecule has 1 atom stereocenters. The molecule has 1 amide bonds. The molecule has 2 heterocycles. The zero-order valence-electron chi connectivity index (χ0n) is 10.6. The molecule has 0 spiro atoms. The first kappa shape index (κ1) is 12.6. The molecule has 1 fully saturated rings. The van der Waals surface area contributed by atoms with Crippen LogP contribution in [0.1, 0.15) is 29.8 Å². The molecule has 18 heavy (non-hydrogen) atoms. The van der Waals surface area contributed by atoms with Crippen molar-refractivity contribution in [3.05, 3.63) is 18.2 Å². The van der Waals surface area contributed by atoms with E-state index in [1.807, 2.05) is 0 Å². The first-order chi connectivity index (χ1) is 8.65. The quantitative estimate of drug-likeness (QED) is 0.721. The molecule has 0 aromatic carbocycles. The Kier molecular flexibility index (Phi) is 3.64. The fraction of sp³-hybridized carbons (Fsp3) is 0.583. The lowest BCUT2D eigenvalue weighted by Gasteiger charge is -2.33. The first-order valence-corrected chi connectivity index (χ1v) is 6.00. The molecule has 0 bridgehead atoms. The van der Waals surface area contributed by atoms with E-state index in [1.54, 1.807) is 22.8 Å². The molecular formula is C12H17N3O3. The Bertz CT molecular complexity index is 455. The van der Waals surface area contributed by atoms with Crippen LogP contribution in [0.4, 0.5) is 0 Å². The largest absolute Gasteiger partial charge is 0.467 e. The van der Waals surface area contributed by atoms with E-state index in [1.165, 1.54) is 13.3 Å². The number of imidazole rings is 1. The lowest BCUT2D eigenvalue weighted by atomic mass is 10.0. The second kappa shape index (κ2) is 5.20. The number of aromatic nitrogens is 2. The van der Waals surface area contributed by atoms with Gasteiger partial charge in [0.15, 0.2) is 0 Å². The van der Waals surface area contributed by atoms with Crippen LogP contribution in [0, 0.1) is 0 Å². The van der Waals surface area contributed by atoms with Crippen molar-refractivity contribution < 1.29 is 14.3 Å². The molecule has 1 unspecified atom stereocenters. The summed E-state index contributed by atoms with van der Waals surface area (Å²) in [6, 6.07) is -0.467. The minimum Gasteiger partial charge on any atom is -0.467 e. The zero-order valence-corrected chi connectivity index (χ0v) is 10.6. The number of hydrogen-bond acceptors (Lipinski definition) is 4. The summed E-state index contributed by atoms with van der Waals surface area (Å²) in [6.07, 6.45) is 5.61. The predicted molar refractivity (Wildman–Crippen MR) is 63.9 cm³/mol. The number of nitrogens with zero attached hydrogens (tertiary/aromatic N) is 3. The van der Waals surface area contributed by atoms with Crippen LogP contribution in [0.5, 0.6) is 0 Å². The van der Waals surface area contributed by atoms with Gasteiger partial charge in [-0.2, -0.15) is 0 Å². The molecular weight excluding hydrogens is 234 g/mol. The number of hydrogen-bond donors (Lipinski definition) is 0. The lowest BCUT2D eigenvalue weighted by molar-refractivity contribution is -0.147. The Hall–Kier alpha value is -1.85. The smallest absolute Gasteiger partial charge is 0.328 e. The molecule has 1 aliphatic rings. The Morgan fingerprint density at radius 2 is 2.22 bits per heavy atom. The Labute approximate surface area is 106 Å². The molecule has 0 aliphatic carbocycles. The number of carbonyl (C=O) groups is 2. The number of likely N-dealkylation sites (tertiary alicyclic amines) is 1. The van der Waals surface area contributed by atoms with Gasteiger partial charge in [-0.15, -0.1) is 0 Å². The first-order valence-electron chi connectivity index (χ1n) is 6.00. The van der Waals surface area contributed by atoms with Gasteiger partial charge >= 0.3 is 5.97 Å². The third-order valence-electron chi connectivity index (χ3n) is 3.27. The van der Waals surface area contributed by atoms with E-state index in [4.69, 9.17) is 4.74 Å². The van der Waals surface area contributed by atoms with Gasteiger partial charge in [0.25, 0.3) is 5.91 Å². The molecule has 1 aromatic heterocycles. The summed E-state index contributed by atoms with van der Waals surface area (Å²) >= 11 is 0. The summed E-state index contributed by atoms with van der Waals surface area (Å²) < 4.78 is 6.42. The monoisotopic (exact) mass is 251 g/mol. The zero-order chi connectivity index (χ0) is 13.1. The maximum atomic E-state index is 12.4. The number of aryl methyl sites for hydroxylation is 1. The van der Waals surface area contributed by atoms with Gasteiger partial charge in [-0.05, 0) is 19.3 Å². The summed E-state index contributed by atoms with van der Waals surface area (Å²) in [6.45, 7) is 0.587. The van der Waals surface area contributed by atoms with E-state index >= 15 is 0 Å². The molecule has 1 aliphatic heterocycles. The second-order valence-electron chi connectivity index (χ2n) is 4.42. The highest BCUT2D eigenvalue weighted by molar-refractivity contribution is 5.95. The molecule has 0 saturated carbocycles. The SMILES string of the molecule is COC(=O)C1CCCCN1C(=O)c1cncn1C. The van der Waals surface area contributed by atoms with Gasteiger partial charge in [0.2, 0.25) is 0 Å². The van der Waals surface area contributed by atoms with Crippen LogP contribution in [0.15, 0.2) is 12.5 Å². The standard InChI is InChI=1S/C12H17N3O3/c1-14-8-13-7-10(14)11(16)15-6-4-3-5-9(15)12(17)18-2/h7-9H,3-6H2,1-2H3. The van der Waals surface area contributed by atoms with Crippen molar-refractivity contribution in [1.82, 2.24) is 14.5 Å². The summed E-state index contributed by atoms with van der Waals surface area (Å²) in [5.74, 6) is -0.504. The average molecular weight is 251 g/mol. The Balaban J connectivity index is 2.21. The van der Waals surface area contributed by atoms with Crippen molar-refractivity contribution in [3.63, 3.8) is 0 Å². The molecule has 6 nitrogen and oxygen atoms in total. The molecule has 0 N–H and O–H groups in total. The van der Waals surface area contributed by atoms with Gasteiger partial charge in [-0.1, -0.05) is 0 Å². The predicted octanol–water partition coefficient (Wildman–Crippen LogP) is 0.588. The fourth-order valence-corrected chi connectivity index (χ4v) is 2.27. The Morgan fingerprint density at radius 1 is 1.44 bits per heavy atom. The van der Waals surface area contributed by atoms with Gasteiger partial charge in [-0.3, -0.25) is 4.79 Å². The molecule has 1 aromatic rings. The topological polar surface area (TPSA) is 64.4 Å². The Morgan fingerprint density at radius 3 is 2.83 bits per heavy atom. The van der Waals surface area contributed by atoms with Crippen LogP contribution < -0.4 is 0 Å². The van der Waals surface area contributed by atoms with Crippen molar-refractivity contribution in [2.75, 3.05) is 13.7 Å². The number of piperidine rings is 1. The third kappa shape index (κ3) is 2.23. The molecule has 2 rings (SSSR count). The maximum Gasteiger partial charge on any atom is 0.328 e. The number of amides is 1. The minimum atomic E-state index is -0.467. The molecule has 6 heteroatoms. The highest BCUT2D eigenvalue weighted by atomic mass is 16.5. The molecule has 0 radical (unpaired) electrons. The van der Waals surface area contributed by atoms with E-state index in [0.29, 0.717) is 18.7 Å². The third-order valence-corrected chi connectivity index (χ3v) is 3.27. The normalized spacial score (nSPS) is 19.7. The molecule has 1 saturated heterocycles. The van der Waals surface area contributed by atoms with E-state index in [0.717, 1.165) is 12.8 Å². The number of carbonyl (C=O) groups excluding carboxylic acids is 2. The van der Waals surface area contributed by atoms with E-state index < -0.39 is 6.04 Å². The van der Waals surface area contributed by atoms with Crippen LogP contribution in [0.3, 0.4) is 0 Å². The van der Waals surface area contributed by atoms with Gasteiger partial charge < -0.3 is 14.2 Å². The van der Waals surface area contributed by atoms with Gasteiger partial charge in [0.05, 0.1) is 19.6 Å². The van der Waals surface area contributed by atoms with Crippen molar-refractivity contribution in [2.24, 2.45) is 7.05 Å². The van der Waals surface area contributed by atoms with Crippen LogP contribution >= 0.6 is 0 Å². The van der Waals surface area contributed by atoms with Crippen molar-refractivity contribution in [1.29, 1.82) is 0 Å². The van der Waals surface area contributed by atoms with Crippen molar-refractivity contribution in [3.8, 4) is 0 Å². The fourth-order valence-electron chi connectivity index (χ4n) is 2.27. The van der Waals surface area contributed by atoms with Crippen LogP contribution in [0.2, 0.25) is 0 Å². The highest BCUT2D eigenvalue weighted by Crippen LogP contribution is 2.20. The van der Waals surface area contributed by atoms with Crippen LogP contribution in [0.25, 0.3) is 0 Å². The van der Waals surface area contributed by atoms with E-state index in [-0.39, 0.29) is 11.9 Å². The second-order valence-corrected chi connectivity index (χ2v) is 4.42. The minimum absolute atomic E-state index is 0.162. The van der Waals surface area contributed by atoms with Gasteiger partial charge in [0.1, 0.15) is 11.7 Å². The van der Waals surface area contributed by atoms with Crippen molar-refractivity contribution >= 4 is 11.9 Å². The van der Waals surface area contributed by atoms with E-state index in [9.17, 15) is 9.59 Å². The lowest BCUT2D eigenvalue weighted by Crippen LogP contribution is -2.48. The summed E-state index contributed by atoms with van der Waals surface area (Å²) in [5, 5.41) is 0. The number of methoxy groups -OCH3 is 1. The van der Waals surface area contributed by atoms with Gasteiger partial charge in [-0.25, -0.2) is 9.78 Å².